The van der Waals surface area contributed by atoms with Crippen molar-refractivity contribution in [1.82, 2.24) is 0 Å². The summed E-state index contributed by atoms with van der Waals surface area (Å²) in [6, 6.07) is 0. The van der Waals surface area contributed by atoms with E-state index in [1.807, 2.05) is 0 Å². The first-order valence-electron chi connectivity index (χ1n) is 17.2. The molecule has 0 saturated carbocycles. The van der Waals surface area contributed by atoms with Crippen molar-refractivity contribution in [3.63, 3.8) is 0 Å². The molecule has 14 nitrogen and oxygen atoms in total. The van der Waals surface area contributed by atoms with Crippen LogP contribution in [0.3, 0.4) is 0 Å². The SMILES string of the molecule is CCCCCCCCCCOCCOCCOCCOCCOCCOCCOCCOCCOCCOC(=O)CCC(=O)C(=O)O. The Morgan fingerprint density at radius 1 is 0.383 bits per heavy atom. The fraction of sp³-hybridized carbons (Fsp3) is 0.909. The number of carbonyl (C=O) groups is 3. The lowest BCUT2D eigenvalue weighted by Crippen LogP contribution is -2.17. The lowest BCUT2D eigenvalue weighted by molar-refractivity contribution is -0.151. The molecule has 0 saturated heterocycles. The monoisotopic (exact) mass is 682 g/mol. The number of rotatable bonds is 40. The number of carboxylic acids is 1. The maximum absolute atomic E-state index is 11.4. The van der Waals surface area contributed by atoms with Gasteiger partial charge in [-0.2, -0.15) is 0 Å². The lowest BCUT2D eigenvalue weighted by atomic mass is 10.1. The molecular formula is C33H62O14. The Bertz CT molecular complexity index is 694. The van der Waals surface area contributed by atoms with Crippen LogP contribution < -0.4 is 0 Å². The van der Waals surface area contributed by atoms with Crippen LogP contribution in [0.1, 0.15) is 71.1 Å². The summed E-state index contributed by atoms with van der Waals surface area (Å²) in [5.74, 6) is -3.23. The van der Waals surface area contributed by atoms with Crippen molar-refractivity contribution in [2.75, 3.05) is 126 Å². The van der Waals surface area contributed by atoms with Gasteiger partial charge in [0, 0.05) is 13.0 Å². The van der Waals surface area contributed by atoms with Crippen LogP contribution in [0.5, 0.6) is 0 Å². The molecule has 1 N–H and O–H groups in total. The van der Waals surface area contributed by atoms with Crippen molar-refractivity contribution < 1.29 is 66.9 Å². The molecule has 0 heterocycles. The normalized spacial score (nSPS) is 11.3. The average Bonchev–Trinajstić information content (AvgIpc) is 3.06. The molecule has 0 rings (SSSR count). The van der Waals surface area contributed by atoms with Crippen LogP contribution >= 0.6 is 0 Å². The van der Waals surface area contributed by atoms with Gasteiger partial charge in [0.25, 0.3) is 0 Å². The molecule has 0 spiro atoms. The summed E-state index contributed by atoms with van der Waals surface area (Å²) in [5, 5.41) is 8.44. The first-order chi connectivity index (χ1) is 23.1. The third-order valence-electron chi connectivity index (χ3n) is 6.40. The summed E-state index contributed by atoms with van der Waals surface area (Å²) in [5.41, 5.74) is 0. The molecule has 0 aromatic carbocycles. The highest BCUT2D eigenvalue weighted by Gasteiger charge is 2.14. The minimum absolute atomic E-state index is 0.0187. The van der Waals surface area contributed by atoms with Crippen LogP contribution in [0.15, 0.2) is 0 Å². The van der Waals surface area contributed by atoms with E-state index in [0.29, 0.717) is 106 Å². The highest BCUT2D eigenvalue weighted by molar-refractivity contribution is 6.32. The summed E-state index contributed by atoms with van der Waals surface area (Å²) in [6.45, 7) is 11.0. The molecule has 0 atom stereocenters. The van der Waals surface area contributed by atoms with Crippen molar-refractivity contribution in [3.8, 4) is 0 Å². The zero-order valence-corrected chi connectivity index (χ0v) is 28.8. The summed E-state index contributed by atoms with van der Waals surface area (Å²) in [6.07, 6.45) is 9.79. The fourth-order valence-corrected chi connectivity index (χ4v) is 3.81. The second kappa shape index (κ2) is 38.7. The summed E-state index contributed by atoms with van der Waals surface area (Å²) < 4.78 is 53.9. The molecule has 0 aliphatic carbocycles. The second-order valence-electron chi connectivity index (χ2n) is 10.4. The first-order valence-corrected chi connectivity index (χ1v) is 17.2. The third kappa shape index (κ3) is 38.6. The van der Waals surface area contributed by atoms with E-state index < -0.39 is 17.7 Å². The number of Topliss-reactive ketones (excluding diaryl/α,β-unsaturated/α-hetero) is 1. The molecule has 278 valence electrons. The standard InChI is InChI=1S/C33H62O14/c1-2-3-4-5-6-7-8-9-12-38-13-14-39-15-16-40-17-18-41-19-20-42-21-22-43-23-24-44-25-26-45-27-28-46-29-30-47-32(35)11-10-31(34)33(36)37/h2-30H2,1H3,(H,36,37). The minimum atomic E-state index is -1.56. The molecule has 14 heteroatoms. The van der Waals surface area contributed by atoms with Crippen LogP contribution in [0.25, 0.3) is 0 Å². The van der Waals surface area contributed by atoms with Crippen LogP contribution in [-0.2, 0) is 61.8 Å². The second-order valence-corrected chi connectivity index (χ2v) is 10.4. The van der Waals surface area contributed by atoms with Gasteiger partial charge in [0.2, 0.25) is 5.78 Å². The van der Waals surface area contributed by atoms with Gasteiger partial charge in [0.05, 0.1) is 119 Å². The van der Waals surface area contributed by atoms with Gasteiger partial charge in [0.15, 0.2) is 0 Å². The number of ether oxygens (including phenoxy) is 10. The van der Waals surface area contributed by atoms with Crippen molar-refractivity contribution in [2.24, 2.45) is 0 Å². The van der Waals surface area contributed by atoms with E-state index in [0.717, 1.165) is 13.0 Å². The Kier molecular flexibility index (Phi) is 37.3. The Balaban J connectivity index is 3.11. The molecule has 0 fully saturated rings. The Morgan fingerprint density at radius 3 is 1.02 bits per heavy atom. The lowest BCUT2D eigenvalue weighted by Gasteiger charge is -2.09. The largest absolute Gasteiger partial charge is 0.476 e. The molecule has 0 aliphatic heterocycles. The molecule has 0 bridgehead atoms. The average molecular weight is 683 g/mol. The van der Waals surface area contributed by atoms with Gasteiger partial charge in [-0.25, -0.2) is 4.79 Å². The van der Waals surface area contributed by atoms with Crippen LogP contribution in [0, 0.1) is 0 Å². The maximum Gasteiger partial charge on any atom is 0.372 e. The highest BCUT2D eigenvalue weighted by atomic mass is 16.6. The van der Waals surface area contributed by atoms with E-state index in [4.69, 9.17) is 52.5 Å². The van der Waals surface area contributed by atoms with Crippen molar-refractivity contribution >= 4 is 17.7 Å². The predicted molar refractivity (Wildman–Crippen MR) is 173 cm³/mol. The number of aliphatic carboxylic acids is 1. The topological polar surface area (TPSA) is 164 Å². The van der Waals surface area contributed by atoms with Crippen LogP contribution in [0.4, 0.5) is 0 Å². The van der Waals surface area contributed by atoms with Gasteiger partial charge in [-0.3, -0.25) is 9.59 Å². The number of carbonyl (C=O) groups excluding carboxylic acids is 2. The predicted octanol–water partition coefficient (Wildman–Crippen LogP) is 3.25. The van der Waals surface area contributed by atoms with Gasteiger partial charge in [-0.15, -0.1) is 0 Å². The van der Waals surface area contributed by atoms with Gasteiger partial charge in [0.1, 0.15) is 6.61 Å². The summed E-state index contributed by atoms with van der Waals surface area (Å²) >= 11 is 0. The van der Waals surface area contributed by atoms with Crippen molar-refractivity contribution in [2.45, 2.75) is 71.1 Å². The number of ketones is 1. The zero-order chi connectivity index (χ0) is 34.3. The summed E-state index contributed by atoms with van der Waals surface area (Å²) in [7, 11) is 0. The van der Waals surface area contributed by atoms with Gasteiger partial charge >= 0.3 is 11.9 Å². The Hall–Kier alpha value is -1.75. The zero-order valence-electron chi connectivity index (χ0n) is 28.8. The summed E-state index contributed by atoms with van der Waals surface area (Å²) in [4.78, 5) is 32.6. The quantitative estimate of drug-likeness (QED) is 0.0569. The maximum atomic E-state index is 11.4. The number of carboxylic acid groups (broad SMARTS) is 1. The molecule has 0 radical (unpaired) electrons. The highest BCUT2D eigenvalue weighted by Crippen LogP contribution is 2.08. The van der Waals surface area contributed by atoms with Crippen LogP contribution in [0.2, 0.25) is 0 Å². The van der Waals surface area contributed by atoms with Crippen LogP contribution in [-0.4, -0.2) is 148 Å². The van der Waals surface area contributed by atoms with Gasteiger partial charge < -0.3 is 52.5 Å². The van der Waals surface area contributed by atoms with Crippen molar-refractivity contribution in [3.05, 3.63) is 0 Å². The molecule has 0 aromatic heterocycles. The fourth-order valence-electron chi connectivity index (χ4n) is 3.81. The number of hydrogen-bond donors (Lipinski definition) is 1. The van der Waals surface area contributed by atoms with Gasteiger partial charge in [-0.05, 0) is 6.42 Å². The third-order valence-corrected chi connectivity index (χ3v) is 6.40. The van der Waals surface area contributed by atoms with E-state index >= 15 is 0 Å². The minimum Gasteiger partial charge on any atom is -0.476 e. The van der Waals surface area contributed by atoms with E-state index in [1.165, 1.54) is 44.9 Å². The van der Waals surface area contributed by atoms with E-state index in [2.05, 4.69) is 6.92 Å². The van der Waals surface area contributed by atoms with Crippen molar-refractivity contribution in [1.29, 1.82) is 0 Å². The molecule has 47 heavy (non-hydrogen) atoms. The molecule has 0 amide bonds. The molecule has 0 aliphatic rings. The molecule has 0 unspecified atom stereocenters. The molecular weight excluding hydrogens is 620 g/mol. The Morgan fingerprint density at radius 2 is 0.681 bits per heavy atom. The number of esters is 1. The van der Waals surface area contributed by atoms with Gasteiger partial charge in [-0.1, -0.05) is 51.9 Å². The number of hydrogen-bond acceptors (Lipinski definition) is 13. The van der Waals surface area contributed by atoms with E-state index in [1.54, 1.807) is 0 Å². The van der Waals surface area contributed by atoms with E-state index in [-0.39, 0.29) is 26.1 Å². The smallest absolute Gasteiger partial charge is 0.372 e. The van der Waals surface area contributed by atoms with E-state index in [9.17, 15) is 14.4 Å². The Labute approximate surface area is 281 Å². The first kappa shape index (κ1) is 45.2. The molecule has 0 aromatic rings. The number of unbranched alkanes of at least 4 members (excludes halogenated alkanes) is 7.